The number of esters is 1. The first kappa shape index (κ1) is 24.9. The summed E-state index contributed by atoms with van der Waals surface area (Å²) in [6.45, 7) is 4.50. The zero-order valence-electron chi connectivity index (χ0n) is 17.0. The van der Waals surface area contributed by atoms with Crippen molar-refractivity contribution in [3.8, 4) is 0 Å². The third-order valence-corrected chi connectivity index (χ3v) is 5.38. The highest BCUT2D eigenvalue weighted by Gasteiger charge is 2.14. The molecule has 150 valence electrons. The van der Waals surface area contributed by atoms with Gasteiger partial charge in [0.05, 0.1) is 0 Å². The lowest BCUT2D eigenvalue weighted by atomic mass is 10.0. The molecule has 0 fully saturated rings. The largest absolute Gasteiger partial charge is 0.462 e. The maximum Gasteiger partial charge on any atom is 0.306 e. The number of unbranched alkanes of at least 4 members (excludes halogenated alkanes) is 11. The van der Waals surface area contributed by atoms with E-state index in [9.17, 15) is 4.79 Å². The molecule has 0 radical (unpaired) electrons. The Morgan fingerprint density at radius 1 is 0.720 bits per heavy atom. The quantitative estimate of drug-likeness (QED) is 0.121. The number of rotatable bonds is 19. The van der Waals surface area contributed by atoms with Crippen LogP contribution in [-0.4, -0.2) is 17.4 Å². The van der Waals surface area contributed by atoms with Crippen molar-refractivity contribution in [3.05, 3.63) is 0 Å². The first-order valence-electron chi connectivity index (χ1n) is 11.0. The van der Waals surface area contributed by atoms with E-state index >= 15 is 0 Å². The lowest BCUT2D eigenvalue weighted by Crippen LogP contribution is -2.18. The summed E-state index contributed by atoms with van der Waals surface area (Å²) in [7, 11) is 0. The molecule has 1 atom stereocenters. The summed E-state index contributed by atoms with van der Waals surface area (Å²) >= 11 is 3.45. The van der Waals surface area contributed by atoms with Crippen molar-refractivity contribution < 1.29 is 9.53 Å². The lowest BCUT2D eigenvalue weighted by molar-refractivity contribution is -0.150. The number of carbonyl (C=O) groups is 1. The summed E-state index contributed by atoms with van der Waals surface area (Å²) in [4.78, 5) is 12.1. The van der Waals surface area contributed by atoms with E-state index in [0.717, 1.165) is 31.0 Å². The molecule has 0 aliphatic carbocycles. The minimum Gasteiger partial charge on any atom is -0.462 e. The molecule has 0 aromatic carbocycles. The van der Waals surface area contributed by atoms with E-state index in [4.69, 9.17) is 4.74 Å². The number of halogens is 1. The number of carbonyl (C=O) groups excluding carboxylic acids is 1. The molecule has 0 aromatic heterocycles. The monoisotopic (exact) mass is 418 g/mol. The van der Waals surface area contributed by atoms with Crippen molar-refractivity contribution in [2.75, 3.05) is 5.33 Å². The van der Waals surface area contributed by atoms with E-state index in [1.165, 1.54) is 77.0 Å². The molecule has 0 saturated heterocycles. The van der Waals surface area contributed by atoms with E-state index < -0.39 is 0 Å². The van der Waals surface area contributed by atoms with Gasteiger partial charge in [-0.3, -0.25) is 4.79 Å². The molecule has 0 spiro atoms. The molecule has 2 nitrogen and oxygen atoms in total. The van der Waals surface area contributed by atoms with E-state index in [-0.39, 0.29) is 12.1 Å². The minimum absolute atomic E-state index is 0.0327. The van der Waals surface area contributed by atoms with Crippen molar-refractivity contribution in [1.82, 2.24) is 0 Å². The highest BCUT2D eigenvalue weighted by atomic mass is 79.9. The standard InChI is InChI=1S/C22H43BrO2/c1-3-5-7-9-10-14-18-21(17-13-8-6-4-2)25-22(24)19-15-11-12-16-20-23/h21H,3-20H2,1-2H3/t21-/m1/s1. The van der Waals surface area contributed by atoms with Crippen LogP contribution in [0.5, 0.6) is 0 Å². The van der Waals surface area contributed by atoms with Crippen LogP contribution in [0, 0.1) is 0 Å². The first-order chi connectivity index (χ1) is 12.2. The molecule has 0 aromatic rings. The second-order valence-electron chi connectivity index (χ2n) is 7.37. The Morgan fingerprint density at radius 2 is 1.20 bits per heavy atom. The van der Waals surface area contributed by atoms with Gasteiger partial charge in [0.2, 0.25) is 0 Å². The van der Waals surface area contributed by atoms with Crippen molar-refractivity contribution in [2.24, 2.45) is 0 Å². The van der Waals surface area contributed by atoms with Crippen LogP contribution in [0.15, 0.2) is 0 Å². The fourth-order valence-electron chi connectivity index (χ4n) is 3.18. The van der Waals surface area contributed by atoms with E-state index in [1.807, 2.05) is 0 Å². The molecule has 0 aliphatic heterocycles. The van der Waals surface area contributed by atoms with Gasteiger partial charge in [0, 0.05) is 11.8 Å². The Hall–Kier alpha value is -0.0500. The van der Waals surface area contributed by atoms with Crippen LogP contribution in [0.4, 0.5) is 0 Å². The van der Waals surface area contributed by atoms with Gasteiger partial charge in [-0.1, -0.05) is 94.0 Å². The topological polar surface area (TPSA) is 26.3 Å². The van der Waals surface area contributed by atoms with E-state index in [2.05, 4.69) is 29.8 Å². The molecule has 25 heavy (non-hydrogen) atoms. The second kappa shape index (κ2) is 20.3. The summed E-state index contributed by atoms with van der Waals surface area (Å²) in [6, 6.07) is 0. The van der Waals surface area contributed by atoms with Gasteiger partial charge in [-0.2, -0.15) is 0 Å². The zero-order valence-corrected chi connectivity index (χ0v) is 18.6. The van der Waals surface area contributed by atoms with Crippen molar-refractivity contribution in [3.63, 3.8) is 0 Å². The van der Waals surface area contributed by atoms with Crippen LogP contribution in [-0.2, 0) is 9.53 Å². The smallest absolute Gasteiger partial charge is 0.306 e. The molecule has 0 saturated carbocycles. The van der Waals surface area contributed by atoms with Crippen LogP contribution in [0.25, 0.3) is 0 Å². The Labute approximate surface area is 166 Å². The maximum atomic E-state index is 12.1. The molecular weight excluding hydrogens is 376 g/mol. The number of ether oxygens (including phenoxy) is 1. The van der Waals surface area contributed by atoms with Gasteiger partial charge in [0.25, 0.3) is 0 Å². The summed E-state index contributed by atoms with van der Waals surface area (Å²) in [6.07, 6.45) is 20.3. The average molecular weight is 419 g/mol. The molecule has 3 heteroatoms. The van der Waals surface area contributed by atoms with Crippen molar-refractivity contribution in [2.45, 2.75) is 129 Å². The van der Waals surface area contributed by atoms with Gasteiger partial charge in [-0.25, -0.2) is 0 Å². The maximum absolute atomic E-state index is 12.1. The Bertz CT molecular complexity index is 281. The number of hydrogen-bond donors (Lipinski definition) is 0. The highest BCUT2D eigenvalue weighted by Crippen LogP contribution is 2.17. The molecule has 0 bridgehead atoms. The SMILES string of the molecule is CCCCCCCC[C@@H](CCCCCC)OC(=O)CCCCCCBr. The Morgan fingerprint density at radius 3 is 1.80 bits per heavy atom. The van der Waals surface area contributed by atoms with Gasteiger partial charge < -0.3 is 4.74 Å². The van der Waals surface area contributed by atoms with Crippen molar-refractivity contribution in [1.29, 1.82) is 0 Å². The van der Waals surface area contributed by atoms with Gasteiger partial charge in [0.1, 0.15) is 6.10 Å². The van der Waals surface area contributed by atoms with Gasteiger partial charge in [0.15, 0.2) is 0 Å². The number of alkyl halides is 1. The van der Waals surface area contributed by atoms with E-state index in [1.54, 1.807) is 0 Å². The number of hydrogen-bond acceptors (Lipinski definition) is 2. The molecule has 0 N–H and O–H groups in total. The summed E-state index contributed by atoms with van der Waals surface area (Å²) in [5, 5.41) is 1.07. The molecule has 0 amide bonds. The predicted octanol–water partition coefficient (Wildman–Crippen LogP) is 7.96. The van der Waals surface area contributed by atoms with Crippen LogP contribution in [0.2, 0.25) is 0 Å². The molecule has 0 unspecified atom stereocenters. The van der Waals surface area contributed by atoms with Crippen LogP contribution in [0.1, 0.15) is 123 Å². The van der Waals surface area contributed by atoms with Crippen LogP contribution >= 0.6 is 15.9 Å². The van der Waals surface area contributed by atoms with Crippen LogP contribution in [0.3, 0.4) is 0 Å². The third-order valence-electron chi connectivity index (χ3n) is 4.82. The van der Waals surface area contributed by atoms with Gasteiger partial charge >= 0.3 is 5.97 Å². The molecular formula is C22H43BrO2. The lowest BCUT2D eigenvalue weighted by Gasteiger charge is -2.18. The fraction of sp³-hybridized carbons (Fsp3) is 0.955. The zero-order chi connectivity index (χ0) is 18.6. The Balaban J connectivity index is 3.95. The predicted molar refractivity (Wildman–Crippen MR) is 114 cm³/mol. The highest BCUT2D eigenvalue weighted by molar-refractivity contribution is 9.09. The van der Waals surface area contributed by atoms with Crippen LogP contribution < -0.4 is 0 Å². The summed E-state index contributed by atoms with van der Waals surface area (Å²) in [5.74, 6) is 0.0327. The summed E-state index contributed by atoms with van der Waals surface area (Å²) < 4.78 is 5.82. The summed E-state index contributed by atoms with van der Waals surface area (Å²) in [5.41, 5.74) is 0. The second-order valence-corrected chi connectivity index (χ2v) is 8.16. The molecule has 0 aliphatic rings. The average Bonchev–Trinajstić information content (AvgIpc) is 2.61. The first-order valence-corrected chi connectivity index (χ1v) is 12.1. The molecule has 0 heterocycles. The van der Waals surface area contributed by atoms with Gasteiger partial charge in [-0.15, -0.1) is 0 Å². The normalized spacial score (nSPS) is 12.3. The molecule has 0 rings (SSSR count). The fourth-order valence-corrected chi connectivity index (χ4v) is 3.57. The third kappa shape index (κ3) is 18.5. The minimum atomic E-state index is 0.0327. The Kier molecular flexibility index (Phi) is 20.2. The van der Waals surface area contributed by atoms with Crippen molar-refractivity contribution >= 4 is 21.9 Å². The van der Waals surface area contributed by atoms with E-state index in [0.29, 0.717) is 6.42 Å². The van der Waals surface area contributed by atoms with Gasteiger partial charge in [-0.05, 0) is 38.5 Å².